The van der Waals surface area contributed by atoms with E-state index in [1.807, 2.05) is 25.1 Å². The van der Waals surface area contributed by atoms with Crippen LogP contribution in [0.1, 0.15) is 12.5 Å². The van der Waals surface area contributed by atoms with Crippen LogP contribution < -0.4 is 10.6 Å². The molecule has 17 heavy (non-hydrogen) atoms. The molecule has 90 valence electrons. The van der Waals surface area contributed by atoms with Gasteiger partial charge in [0.05, 0.1) is 12.0 Å². The molecule has 0 saturated heterocycles. The Balaban J connectivity index is 2.54. The first kappa shape index (κ1) is 13.8. The number of nitrogens with one attached hydrogen (secondary N) is 2. The van der Waals surface area contributed by atoms with Gasteiger partial charge in [0.15, 0.2) is 0 Å². The molecule has 1 atom stereocenters. The largest absolute Gasteiger partial charge is 0.337 e. The molecular formula is C12H14IN3O. The van der Waals surface area contributed by atoms with Gasteiger partial charge in [-0.05, 0) is 60.2 Å². The van der Waals surface area contributed by atoms with Gasteiger partial charge in [-0.25, -0.2) is 4.79 Å². The van der Waals surface area contributed by atoms with Gasteiger partial charge in [-0.1, -0.05) is 0 Å². The average molecular weight is 343 g/mol. The van der Waals surface area contributed by atoms with Crippen LogP contribution in [0, 0.1) is 27.7 Å². The van der Waals surface area contributed by atoms with E-state index in [4.69, 9.17) is 5.26 Å². The Labute approximate surface area is 115 Å². The van der Waals surface area contributed by atoms with Crippen molar-refractivity contribution in [2.75, 3.05) is 11.9 Å². The molecule has 0 fully saturated rings. The Bertz CT molecular complexity index is 454. The number of amides is 2. The van der Waals surface area contributed by atoms with Crippen molar-refractivity contribution in [2.45, 2.75) is 13.8 Å². The van der Waals surface area contributed by atoms with E-state index in [0.717, 1.165) is 14.8 Å². The Morgan fingerprint density at radius 2 is 2.29 bits per heavy atom. The molecule has 1 rings (SSSR count). The fourth-order valence-electron chi connectivity index (χ4n) is 1.23. The van der Waals surface area contributed by atoms with Crippen molar-refractivity contribution in [1.29, 1.82) is 5.26 Å². The number of hydrogen-bond donors (Lipinski definition) is 2. The minimum absolute atomic E-state index is 0.182. The molecule has 0 spiro atoms. The van der Waals surface area contributed by atoms with E-state index in [-0.39, 0.29) is 11.9 Å². The number of carbonyl (C=O) groups is 1. The van der Waals surface area contributed by atoms with Crippen LogP contribution in [0.25, 0.3) is 0 Å². The van der Waals surface area contributed by atoms with Crippen LogP contribution in [-0.2, 0) is 0 Å². The molecule has 2 N–H and O–H groups in total. The Kier molecular flexibility index (Phi) is 5.22. The Morgan fingerprint density at radius 3 is 2.88 bits per heavy atom. The van der Waals surface area contributed by atoms with Gasteiger partial charge in [0, 0.05) is 15.8 Å². The van der Waals surface area contributed by atoms with E-state index in [1.54, 1.807) is 6.92 Å². The third-order valence-corrected chi connectivity index (χ3v) is 2.90. The normalized spacial score (nSPS) is 11.4. The van der Waals surface area contributed by atoms with Crippen molar-refractivity contribution in [1.82, 2.24) is 5.32 Å². The van der Waals surface area contributed by atoms with E-state index in [2.05, 4.69) is 39.3 Å². The Hall–Kier alpha value is -1.29. The first-order valence-electron chi connectivity index (χ1n) is 5.23. The van der Waals surface area contributed by atoms with E-state index in [9.17, 15) is 4.79 Å². The topological polar surface area (TPSA) is 64.9 Å². The lowest BCUT2D eigenvalue weighted by atomic mass is 10.2. The van der Waals surface area contributed by atoms with Crippen molar-refractivity contribution < 1.29 is 4.79 Å². The molecule has 1 aromatic carbocycles. The number of hydrogen-bond acceptors (Lipinski definition) is 2. The maximum atomic E-state index is 11.5. The first-order valence-corrected chi connectivity index (χ1v) is 6.31. The third-order valence-electron chi connectivity index (χ3n) is 2.23. The molecule has 0 aromatic heterocycles. The number of urea groups is 1. The lowest BCUT2D eigenvalue weighted by Gasteiger charge is -2.10. The number of carbonyl (C=O) groups excluding carboxylic acids is 1. The monoisotopic (exact) mass is 343 g/mol. The van der Waals surface area contributed by atoms with Crippen molar-refractivity contribution in [3.8, 4) is 6.07 Å². The van der Waals surface area contributed by atoms with Crippen molar-refractivity contribution in [2.24, 2.45) is 5.92 Å². The number of nitriles is 1. The highest BCUT2D eigenvalue weighted by Gasteiger charge is 2.06. The van der Waals surface area contributed by atoms with Crippen LogP contribution in [0.2, 0.25) is 0 Å². The van der Waals surface area contributed by atoms with Gasteiger partial charge in [-0.15, -0.1) is 0 Å². The van der Waals surface area contributed by atoms with Crippen molar-refractivity contribution in [3.05, 3.63) is 27.3 Å². The molecule has 4 nitrogen and oxygen atoms in total. The molecular weight excluding hydrogens is 329 g/mol. The smallest absolute Gasteiger partial charge is 0.319 e. The van der Waals surface area contributed by atoms with Crippen LogP contribution >= 0.6 is 22.6 Å². The summed E-state index contributed by atoms with van der Waals surface area (Å²) >= 11 is 2.22. The second-order valence-electron chi connectivity index (χ2n) is 3.82. The predicted molar refractivity (Wildman–Crippen MR) is 75.7 cm³/mol. The Morgan fingerprint density at radius 1 is 1.59 bits per heavy atom. The fourth-order valence-corrected chi connectivity index (χ4v) is 1.87. The maximum Gasteiger partial charge on any atom is 0.319 e. The third kappa shape index (κ3) is 4.61. The van der Waals surface area contributed by atoms with Gasteiger partial charge < -0.3 is 10.6 Å². The molecule has 0 saturated carbocycles. The van der Waals surface area contributed by atoms with Gasteiger partial charge >= 0.3 is 6.03 Å². The minimum atomic E-state index is -0.281. The summed E-state index contributed by atoms with van der Waals surface area (Å²) in [4.78, 5) is 11.5. The highest BCUT2D eigenvalue weighted by molar-refractivity contribution is 14.1. The zero-order valence-electron chi connectivity index (χ0n) is 9.75. The quantitative estimate of drug-likeness (QED) is 0.829. The number of aryl methyl sites for hydroxylation is 1. The molecule has 5 heteroatoms. The van der Waals surface area contributed by atoms with Gasteiger partial charge in [-0.2, -0.15) is 5.26 Å². The van der Waals surface area contributed by atoms with E-state index >= 15 is 0 Å². The number of halogens is 1. The number of anilines is 1. The van der Waals surface area contributed by atoms with Gasteiger partial charge in [0.25, 0.3) is 0 Å². The highest BCUT2D eigenvalue weighted by Crippen LogP contribution is 2.17. The summed E-state index contributed by atoms with van der Waals surface area (Å²) in [6.07, 6.45) is 0. The van der Waals surface area contributed by atoms with Crippen LogP contribution in [0.4, 0.5) is 10.5 Å². The van der Waals surface area contributed by atoms with E-state index in [0.29, 0.717) is 6.54 Å². The molecule has 2 amide bonds. The SMILES string of the molecule is Cc1cc(I)ccc1NC(=O)NCC(C)C#N. The molecule has 0 aliphatic rings. The second-order valence-corrected chi connectivity index (χ2v) is 5.07. The zero-order valence-corrected chi connectivity index (χ0v) is 11.9. The predicted octanol–water partition coefficient (Wildman–Crippen LogP) is 2.88. The minimum Gasteiger partial charge on any atom is -0.337 e. The summed E-state index contributed by atoms with van der Waals surface area (Å²) in [5.41, 5.74) is 1.80. The first-order chi connectivity index (χ1) is 8.02. The molecule has 0 aliphatic heterocycles. The number of rotatable bonds is 3. The summed E-state index contributed by atoms with van der Waals surface area (Å²) in [5, 5.41) is 14.0. The highest BCUT2D eigenvalue weighted by atomic mass is 127. The second kappa shape index (κ2) is 6.45. The van der Waals surface area contributed by atoms with Crippen LogP contribution in [-0.4, -0.2) is 12.6 Å². The van der Waals surface area contributed by atoms with Crippen molar-refractivity contribution >= 4 is 34.3 Å². The summed E-state index contributed by atoms with van der Waals surface area (Å²) in [7, 11) is 0. The maximum absolute atomic E-state index is 11.5. The van der Waals surface area contributed by atoms with E-state index in [1.165, 1.54) is 0 Å². The summed E-state index contributed by atoms with van der Waals surface area (Å²) in [5.74, 6) is -0.182. The van der Waals surface area contributed by atoms with Gasteiger partial charge in [-0.3, -0.25) is 0 Å². The summed E-state index contributed by atoms with van der Waals surface area (Å²) < 4.78 is 1.13. The zero-order chi connectivity index (χ0) is 12.8. The van der Waals surface area contributed by atoms with Crippen LogP contribution in [0.15, 0.2) is 18.2 Å². The number of benzene rings is 1. The molecule has 0 heterocycles. The fraction of sp³-hybridized carbons (Fsp3) is 0.333. The molecule has 0 radical (unpaired) electrons. The van der Waals surface area contributed by atoms with Crippen LogP contribution in [0.5, 0.6) is 0 Å². The molecule has 0 bridgehead atoms. The standard InChI is InChI=1S/C12H14IN3O/c1-8(6-14)7-15-12(17)16-11-4-3-10(13)5-9(11)2/h3-5,8H,7H2,1-2H3,(H2,15,16,17). The van der Waals surface area contributed by atoms with Gasteiger partial charge in [0.2, 0.25) is 0 Å². The van der Waals surface area contributed by atoms with Gasteiger partial charge in [0.1, 0.15) is 0 Å². The summed E-state index contributed by atoms with van der Waals surface area (Å²) in [6.45, 7) is 4.05. The molecule has 1 unspecified atom stereocenters. The average Bonchev–Trinajstić information content (AvgIpc) is 2.29. The summed E-state index contributed by atoms with van der Waals surface area (Å²) in [6, 6.07) is 7.57. The number of nitrogens with zero attached hydrogens (tertiary/aromatic N) is 1. The van der Waals surface area contributed by atoms with E-state index < -0.39 is 0 Å². The molecule has 1 aromatic rings. The van der Waals surface area contributed by atoms with Crippen molar-refractivity contribution in [3.63, 3.8) is 0 Å². The van der Waals surface area contributed by atoms with Crippen LogP contribution in [0.3, 0.4) is 0 Å². The molecule has 0 aliphatic carbocycles. The lowest BCUT2D eigenvalue weighted by molar-refractivity contribution is 0.251. The lowest BCUT2D eigenvalue weighted by Crippen LogP contribution is -2.32.